The van der Waals surface area contributed by atoms with Gasteiger partial charge in [-0.1, -0.05) is 73.1 Å². The molecule has 1 aliphatic rings. The van der Waals surface area contributed by atoms with Gasteiger partial charge in [0.25, 0.3) is 0 Å². The highest BCUT2D eigenvalue weighted by atomic mass is 16.3. The van der Waals surface area contributed by atoms with Crippen molar-refractivity contribution < 1.29 is 4.42 Å². The number of hydrogen-bond acceptors (Lipinski definition) is 1. The number of furan rings is 1. The van der Waals surface area contributed by atoms with Gasteiger partial charge >= 0.3 is 0 Å². The average molecular weight is 314 g/mol. The smallest absolute Gasteiger partial charge is 0.151 e. The Bertz CT molecular complexity index is 897. The Hall–Kier alpha value is -2.46. The molecule has 2 aromatic carbocycles. The molecule has 1 heterocycles. The van der Waals surface area contributed by atoms with E-state index in [0.717, 1.165) is 27.9 Å². The third-order valence-corrected chi connectivity index (χ3v) is 4.92. The summed E-state index contributed by atoms with van der Waals surface area (Å²) >= 11 is 0. The quantitative estimate of drug-likeness (QED) is 0.478. The van der Waals surface area contributed by atoms with E-state index >= 15 is 0 Å². The zero-order valence-corrected chi connectivity index (χ0v) is 14.1. The van der Waals surface area contributed by atoms with Crippen molar-refractivity contribution in [2.24, 2.45) is 5.92 Å². The van der Waals surface area contributed by atoms with Gasteiger partial charge in [-0.2, -0.15) is 0 Å². The van der Waals surface area contributed by atoms with E-state index in [1.165, 1.54) is 37.7 Å². The van der Waals surface area contributed by atoms with Gasteiger partial charge in [0.1, 0.15) is 5.58 Å². The minimum atomic E-state index is 0.540. The Morgan fingerprint density at radius 1 is 0.917 bits per heavy atom. The summed E-state index contributed by atoms with van der Waals surface area (Å²) in [7, 11) is 0. The Morgan fingerprint density at radius 2 is 1.67 bits per heavy atom. The Morgan fingerprint density at radius 3 is 2.46 bits per heavy atom. The van der Waals surface area contributed by atoms with Gasteiger partial charge in [0.05, 0.1) is 5.56 Å². The summed E-state index contributed by atoms with van der Waals surface area (Å²) in [5, 5.41) is 1.12. The van der Waals surface area contributed by atoms with Crippen LogP contribution in [0.15, 0.2) is 52.9 Å². The van der Waals surface area contributed by atoms with Crippen molar-refractivity contribution in [3.63, 3.8) is 0 Å². The van der Waals surface area contributed by atoms with E-state index in [1.807, 2.05) is 12.1 Å². The number of fused-ring (bicyclic) bond motifs is 1. The fourth-order valence-corrected chi connectivity index (χ4v) is 3.50. The highest BCUT2D eigenvalue weighted by molar-refractivity contribution is 5.91. The lowest BCUT2D eigenvalue weighted by atomic mass is 9.89. The Kier molecular flexibility index (Phi) is 4.13. The van der Waals surface area contributed by atoms with Gasteiger partial charge < -0.3 is 4.42 Å². The third-order valence-electron chi connectivity index (χ3n) is 4.92. The molecule has 1 saturated carbocycles. The number of rotatable bonds is 1. The van der Waals surface area contributed by atoms with Crippen molar-refractivity contribution >= 4 is 11.0 Å². The molecule has 0 aliphatic heterocycles. The van der Waals surface area contributed by atoms with E-state index in [9.17, 15) is 0 Å². The van der Waals surface area contributed by atoms with Gasteiger partial charge in [0, 0.05) is 16.9 Å². The minimum Gasteiger partial charge on any atom is -0.455 e. The summed E-state index contributed by atoms with van der Waals surface area (Å²) in [4.78, 5) is 0. The minimum absolute atomic E-state index is 0.540. The number of hydrogen-bond donors (Lipinski definition) is 0. The maximum absolute atomic E-state index is 6.16. The van der Waals surface area contributed by atoms with Crippen LogP contribution in [0, 0.1) is 24.7 Å². The lowest BCUT2D eigenvalue weighted by Gasteiger charge is -2.15. The zero-order valence-electron chi connectivity index (χ0n) is 14.1. The molecule has 0 amide bonds. The molecular weight excluding hydrogens is 292 g/mol. The van der Waals surface area contributed by atoms with E-state index in [2.05, 4.69) is 55.2 Å². The topological polar surface area (TPSA) is 13.1 Å². The van der Waals surface area contributed by atoms with Crippen molar-refractivity contribution in [3.05, 3.63) is 59.7 Å². The van der Waals surface area contributed by atoms with Crippen LogP contribution in [0.4, 0.5) is 0 Å². The van der Waals surface area contributed by atoms with Crippen LogP contribution < -0.4 is 0 Å². The normalized spacial score (nSPS) is 15.2. The summed E-state index contributed by atoms with van der Waals surface area (Å²) in [5.41, 5.74) is 4.32. The number of aryl methyl sites for hydroxylation is 1. The molecule has 1 heteroatoms. The van der Waals surface area contributed by atoms with Crippen molar-refractivity contribution in [1.82, 2.24) is 0 Å². The molecule has 0 spiro atoms. The van der Waals surface area contributed by atoms with Crippen molar-refractivity contribution in [2.45, 2.75) is 39.0 Å². The lowest BCUT2D eigenvalue weighted by molar-refractivity contribution is 0.430. The molecule has 1 aromatic heterocycles. The second kappa shape index (κ2) is 6.57. The van der Waals surface area contributed by atoms with Gasteiger partial charge in [0.2, 0.25) is 0 Å². The highest BCUT2D eigenvalue weighted by Gasteiger charge is 2.15. The first kappa shape index (κ1) is 15.1. The van der Waals surface area contributed by atoms with E-state index in [1.54, 1.807) is 0 Å². The fraction of sp³-hybridized carbons (Fsp3) is 0.304. The number of benzene rings is 2. The van der Waals surface area contributed by atoms with E-state index in [-0.39, 0.29) is 0 Å². The molecule has 4 rings (SSSR count). The fourth-order valence-electron chi connectivity index (χ4n) is 3.50. The molecule has 1 aliphatic carbocycles. The van der Waals surface area contributed by atoms with Crippen molar-refractivity contribution in [1.29, 1.82) is 0 Å². The molecule has 0 unspecified atom stereocenters. The molecule has 0 saturated heterocycles. The monoisotopic (exact) mass is 314 g/mol. The molecule has 1 nitrogen and oxygen atoms in total. The third kappa shape index (κ3) is 2.97. The van der Waals surface area contributed by atoms with Crippen LogP contribution in [0.5, 0.6) is 0 Å². The molecule has 0 bridgehead atoms. The molecular formula is C23H22O. The van der Waals surface area contributed by atoms with Gasteiger partial charge in [-0.25, -0.2) is 0 Å². The summed E-state index contributed by atoms with van der Waals surface area (Å²) in [6, 6.07) is 16.7. The van der Waals surface area contributed by atoms with Crippen LogP contribution in [0.3, 0.4) is 0 Å². The zero-order chi connectivity index (χ0) is 16.4. The summed E-state index contributed by atoms with van der Waals surface area (Å²) in [5.74, 6) is 8.45. The Balaban J connectivity index is 1.81. The predicted octanol–water partition coefficient (Wildman–Crippen LogP) is 6.34. The molecule has 1 fully saturated rings. The molecule has 24 heavy (non-hydrogen) atoms. The molecule has 0 N–H and O–H groups in total. The summed E-state index contributed by atoms with van der Waals surface area (Å²) in [6.07, 6.45) is 6.47. The molecule has 120 valence electrons. The van der Waals surface area contributed by atoms with Gasteiger partial charge in [0.15, 0.2) is 5.76 Å². The van der Waals surface area contributed by atoms with Gasteiger partial charge in [-0.05, 0) is 31.9 Å². The summed E-state index contributed by atoms with van der Waals surface area (Å²) in [6.45, 7) is 2.10. The highest BCUT2D eigenvalue weighted by Crippen LogP contribution is 2.33. The van der Waals surface area contributed by atoms with Crippen LogP contribution in [-0.4, -0.2) is 0 Å². The Labute approximate surface area is 143 Å². The number of para-hydroxylation sites is 1. The second-order valence-corrected chi connectivity index (χ2v) is 6.77. The second-order valence-electron chi connectivity index (χ2n) is 6.77. The van der Waals surface area contributed by atoms with Crippen LogP contribution in [0.25, 0.3) is 22.3 Å². The van der Waals surface area contributed by atoms with Gasteiger partial charge in [-0.3, -0.25) is 0 Å². The SMILES string of the molecule is Cc1ccc(-c2oc3ccccc3c2C#CC2CCCCC2)cc1. The van der Waals surface area contributed by atoms with E-state index in [0.29, 0.717) is 5.92 Å². The lowest BCUT2D eigenvalue weighted by Crippen LogP contribution is -2.03. The maximum atomic E-state index is 6.16. The summed E-state index contributed by atoms with van der Waals surface area (Å²) < 4.78 is 6.16. The largest absolute Gasteiger partial charge is 0.455 e. The van der Waals surface area contributed by atoms with Crippen LogP contribution in [0.1, 0.15) is 43.2 Å². The molecule has 3 aromatic rings. The van der Waals surface area contributed by atoms with Crippen molar-refractivity contribution in [3.8, 4) is 23.2 Å². The van der Waals surface area contributed by atoms with Crippen LogP contribution >= 0.6 is 0 Å². The van der Waals surface area contributed by atoms with E-state index in [4.69, 9.17) is 4.42 Å². The van der Waals surface area contributed by atoms with Crippen molar-refractivity contribution in [2.75, 3.05) is 0 Å². The first-order chi connectivity index (χ1) is 11.8. The average Bonchev–Trinajstić information content (AvgIpc) is 3.00. The van der Waals surface area contributed by atoms with Crippen LogP contribution in [-0.2, 0) is 0 Å². The predicted molar refractivity (Wildman–Crippen MR) is 99.8 cm³/mol. The van der Waals surface area contributed by atoms with Gasteiger partial charge in [-0.15, -0.1) is 0 Å². The first-order valence-corrected chi connectivity index (χ1v) is 8.91. The molecule has 0 atom stereocenters. The maximum Gasteiger partial charge on any atom is 0.151 e. The first-order valence-electron chi connectivity index (χ1n) is 8.91. The standard InChI is InChI=1S/C23H22O/c1-17-11-14-19(15-12-17)23-21(16-13-18-7-3-2-4-8-18)20-9-5-6-10-22(20)24-23/h5-6,9-12,14-15,18H,2-4,7-8H2,1H3. The van der Waals surface area contributed by atoms with Crippen LogP contribution in [0.2, 0.25) is 0 Å². The van der Waals surface area contributed by atoms with E-state index < -0.39 is 0 Å². The molecule has 0 radical (unpaired) electrons.